The van der Waals surface area contributed by atoms with E-state index in [-0.39, 0.29) is 12.0 Å². The zero-order valence-corrected chi connectivity index (χ0v) is 10.7. The summed E-state index contributed by atoms with van der Waals surface area (Å²) in [5.41, 5.74) is 0. The van der Waals surface area contributed by atoms with Gasteiger partial charge < -0.3 is 14.6 Å². The Hall–Kier alpha value is -0.650. The van der Waals surface area contributed by atoms with Gasteiger partial charge >= 0.3 is 5.97 Å². The number of piperidine rings is 1. The molecule has 100 valence electrons. The number of aliphatic hydroxyl groups excluding tert-OH is 1. The highest BCUT2D eigenvalue weighted by atomic mass is 16.5. The summed E-state index contributed by atoms with van der Waals surface area (Å²) in [6.45, 7) is 4.12. The Morgan fingerprint density at radius 1 is 1.53 bits per heavy atom. The van der Waals surface area contributed by atoms with Gasteiger partial charge in [0.25, 0.3) is 0 Å². The molecule has 0 saturated carbocycles. The van der Waals surface area contributed by atoms with Crippen molar-refractivity contribution < 1.29 is 19.4 Å². The quantitative estimate of drug-likeness (QED) is 0.687. The van der Waals surface area contributed by atoms with Crippen LogP contribution >= 0.6 is 0 Å². The maximum Gasteiger partial charge on any atom is 0.323 e. The van der Waals surface area contributed by atoms with E-state index >= 15 is 0 Å². The molecule has 17 heavy (non-hydrogen) atoms. The molecule has 0 aliphatic carbocycles. The van der Waals surface area contributed by atoms with Crippen LogP contribution in [0.3, 0.4) is 0 Å². The van der Waals surface area contributed by atoms with Crippen molar-refractivity contribution in [2.24, 2.45) is 0 Å². The fourth-order valence-electron chi connectivity index (χ4n) is 2.19. The number of nitrogens with zero attached hydrogens (tertiary/aromatic N) is 1. The molecule has 0 bridgehead atoms. The van der Waals surface area contributed by atoms with Gasteiger partial charge in [-0.1, -0.05) is 6.42 Å². The number of rotatable bonds is 6. The van der Waals surface area contributed by atoms with E-state index in [0.29, 0.717) is 19.8 Å². The minimum absolute atomic E-state index is 0.201. The van der Waals surface area contributed by atoms with Crippen molar-refractivity contribution in [2.45, 2.75) is 38.3 Å². The molecule has 1 rings (SSSR count). The van der Waals surface area contributed by atoms with Crippen molar-refractivity contribution in [2.75, 3.05) is 33.4 Å². The molecule has 1 fully saturated rings. The summed E-state index contributed by atoms with van der Waals surface area (Å²) < 4.78 is 9.96. The average Bonchev–Trinajstić information content (AvgIpc) is 2.36. The normalized spacial score (nSPS) is 23.4. The molecule has 1 aliphatic heterocycles. The van der Waals surface area contributed by atoms with Crippen molar-refractivity contribution in [3.05, 3.63) is 0 Å². The Bertz CT molecular complexity index is 235. The Morgan fingerprint density at radius 2 is 2.29 bits per heavy atom. The van der Waals surface area contributed by atoms with E-state index in [1.54, 1.807) is 0 Å². The Kier molecular flexibility index (Phi) is 6.47. The van der Waals surface area contributed by atoms with Crippen LogP contribution in [0, 0.1) is 0 Å². The van der Waals surface area contributed by atoms with E-state index in [9.17, 15) is 9.90 Å². The second-order valence-electron chi connectivity index (χ2n) is 4.34. The molecule has 0 aromatic carbocycles. The number of hydrogen-bond donors (Lipinski definition) is 1. The zero-order chi connectivity index (χ0) is 12.7. The van der Waals surface area contributed by atoms with Crippen LogP contribution in [0.25, 0.3) is 0 Å². The molecule has 0 aromatic rings. The lowest BCUT2D eigenvalue weighted by molar-refractivity contribution is -0.149. The van der Waals surface area contributed by atoms with Gasteiger partial charge in [-0.25, -0.2) is 0 Å². The van der Waals surface area contributed by atoms with E-state index in [1.165, 1.54) is 7.11 Å². The first-order chi connectivity index (χ1) is 8.19. The molecule has 2 unspecified atom stereocenters. The minimum Gasteiger partial charge on any atom is -0.468 e. The van der Waals surface area contributed by atoms with Crippen LogP contribution in [0.2, 0.25) is 0 Å². The predicted octanol–water partition coefficient (Wildman–Crippen LogP) is 0.411. The van der Waals surface area contributed by atoms with E-state index in [1.807, 2.05) is 11.8 Å². The van der Waals surface area contributed by atoms with Crippen LogP contribution in [0.5, 0.6) is 0 Å². The third-order valence-electron chi connectivity index (χ3n) is 3.05. The van der Waals surface area contributed by atoms with E-state index < -0.39 is 6.10 Å². The monoisotopic (exact) mass is 245 g/mol. The molecule has 1 aliphatic rings. The summed E-state index contributed by atoms with van der Waals surface area (Å²) in [6.07, 6.45) is 2.38. The molecule has 1 saturated heterocycles. The molecule has 0 amide bonds. The van der Waals surface area contributed by atoms with Crippen LogP contribution in [0.1, 0.15) is 26.2 Å². The SMILES string of the molecule is CCOCC(O)CN1CCCCC1C(=O)OC. The van der Waals surface area contributed by atoms with E-state index in [2.05, 4.69) is 0 Å². The molecule has 2 atom stereocenters. The first-order valence-corrected chi connectivity index (χ1v) is 6.26. The van der Waals surface area contributed by atoms with Crippen molar-refractivity contribution in [3.63, 3.8) is 0 Å². The van der Waals surface area contributed by atoms with Gasteiger partial charge in [0.1, 0.15) is 6.04 Å². The highest BCUT2D eigenvalue weighted by molar-refractivity contribution is 5.75. The van der Waals surface area contributed by atoms with Gasteiger partial charge in [-0.05, 0) is 26.3 Å². The third-order valence-corrected chi connectivity index (χ3v) is 3.05. The van der Waals surface area contributed by atoms with Crippen molar-refractivity contribution in [1.29, 1.82) is 0 Å². The summed E-state index contributed by atoms with van der Waals surface area (Å²) in [7, 11) is 1.41. The van der Waals surface area contributed by atoms with Crippen LogP contribution in [0.15, 0.2) is 0 Å². The Morgan fingerprint density at radius 3 is 2.94 bits per heavy atom. The lowest BCUT2D eigenvalue weighted by atomic mass is 10.0. The fourth-order valence-corrected chi connectivity index (χ4v) is 2.19. The molecule has 1 heterocycles. The largest absolute Gasteiger partial charge is 0.468 e. The molecule has 0 radical (unpaired) electrons. The second-order valence-corrected chi connectivity index (χ2v) is 4.34. The maximum atomic E-state index is 11.6. The maximum absolute atomic E-state index is 11.6. The molecular weight excluding hydrogens is 222 g/mol. The van der Waals surface area contributed by atoms with Gasteiger partial charge in [0.2, 0.25) is 0 Å². The standard InChI is InChI=1S/C12H23NO4/c1-3-17-9-10(14)8-13-7-5-4-6-11(13)12(15)16-2/h10-11,14H,3-9H2,1-2H3. The van der Waals surface area contributed by atoms with Crippen LogP contribution < -0.4 is 0 Å². The number of ether oxygens (including phenoxy) is 2. The smallest absolute Gasteiger partial charge is 0.323 e. The minimum atomic E-state index is -0.541. The van der Waals surface area contributed by atoms with Crippen LogP contribution in [-0.4, -0.2) is 61.5 Å². The highest BCUT2D eigenvalue weighted by Gasteiger charge is 2.30. The molecule has 1 N–H and O–H groups in total. The number of β-amino-alcohol motifs (C(OH)–C–C–N with tert-alkyl or cyclic N) is 1. The van der Waals surface area contributed by atoms with Crippen molar-refractivity contribution in [1.82, 2.24) is 4.90 Å². The molecular formula is C12H23NO4. The molecule has 5 heteroatoms. The first-order valence-electron chi connectivity index (χ1n) is 6.26. The van der Waals surface area contributed by atoms with E-state index in [4.69, 9.17) is 9.47 Å². The Labute approximate surface area is 103 Å². The number of carbonyl (C=O) groups is 1. The van der Waals surface area contributed by atoms with Crippen molar-refractivity contribution >= 4 is 5.97 Å². The zero-order valence-electron chi connectivity index (χ0n) is 10.7. The number of hydrogen-bond acceptors (Lipinski definition) is 5. The van der Waals surface area contributed by atoms with Gasteiger partial charge in [-0.15, -0.1) is 0 Å². The van der Waals surface area contributed by atoms with Gasteiger partial charge in [0.15, 0.2) is 0 Å². The predicted molar refractivity (Wildman–Crippen MR) is 63.7 cm³/mol. The first kappa shape index (κ1) is 14.4. The van der Waals surface area contributed by atoms with Crippen LogP contribution in [0.4, 0.5) is 0 Å². The summed E-state index contributed by atoms with van der Waals surface area (Å²) in [4.78, 5) is 13.6. The van der Waals surface area contributed by atoms with Crippen LogP contribution in [-0.2, 0) is 14.3 Å². The summed E-state index contributed by atoms with van der Waals surface area (Å²) in [5.74, 6) is -0.201. The summed E-state index contributed by atoms with van der Waals surface area (Å²) in [6, 6.07) is -0.204. The van der Waals surface area contributed by atoms with E-state index in [0.717, 1.165) is 25.8 Å². The second kappa shape index (κ2) is 7.63. The number of methoxy groups -OCH3 is 1. The number of esters is 1. The number of aliphatic hydroxyl groups is 1. The van der Waals surface area contributed by atoms with Crippen molar-refractivity contribution in [3.8, 4) is 0 Å². The highest BCUT2D eigenvalue weighted by Crippen LogP contribution is 2.18. The lowest BCUT2D eigenvalue weighted by Crippen LogP contribution is -2.48. The molecule has 0 aromatic heterocycles. The summed E-state index contributed by atoms with van der Waals surface area (Å²) >= 11 is 0. The van der Waals surface area contributed by atoms with Gasteiger partial charge in [0.05, 0.1) is 19.8 Å². The Balaban J connectivity index is 2.44. The number of likely N-dealkylation sites (tertiary alicyclic amines) is 1. The number of carbonyl (C=O) groups excluding carboxylic acids is 1. The van der Waals surface area contributed by atoms with Gasteiger partial charge in [0, 0.05) is 13.2 Å². The fraction of sp³-hybridized carbons (Fsp3) is 0.917. The summed E-state index contributed by atoms with van der Waals surface area (Å²) in [5, 5.41) is 9.79. The third kappa shape index (κ3) is 4.61. The van der Waals surface area contributed by atoms with Gasteiger partial charge in [-0.2, -0.15) is 0 Å². The lowest BCUT2D eigenvalue weighted by Gasteiger charge is -2.34. The molecule has 5 nitrogen and oxygen atoms in total. The van der Waals surface area contributed by atoms with Gasteiger partial charge in [-0.3, -0.25) is 9.69 Å². The topological polar surface area (TPSA) is 59.0 Å². The average molecular weight is 245 g/mol. The molecule has 0 spiro atoms.